The first kappa shape index (κ1) is 80.8. The van der Waals surface area contributed by atoms with Crippen LogP contribution in [0.1, 0.15) is 219 Å². The summed E-state index contributed by atoms with van der Waals surface area (Å²) < 4.78 is 34.2. The second-order valence-electron chi connectivity index (χ2n) is 22.4. The molecule has 0 aromatic rings. The molecule has 2 atom stereocenters. The molecule has 0 rings (SSSR count). The molecule has 0 heterocycles. The topological polar surface area (TPSA) is 111 Å². The van der Waals surface area contributed by atoms with Crippen molar-refractivity contribution in [2.45, 2.75) is 225 Å². The van der Waals surface area contributed by atoms with E-state index < -0.39 is 32.5 Å². The number of rotatable bonds is 58. The van der Waals surface area contributed by atoms with E-state index in [1.807, 2.05) is 21.1 Å². The number of carbonyl (C=O) groups excluding carboxylic acids is 2. The number of hydrogen-bond acceptors (Lipinski definition) is 8. The molecule has 0 saturated heterocycles. The molecular formula is C76H120NO8P. The van der Waals surface area contributed by atoms with Crippen LogP contribution in [0, 0.1) is 0 Å². The summed E-state index contributed by atoms with van der Waals surface area (Å²) in [6.07, 6.45) is 101. The van der Waals surface area contributed by atoms with Crippen molar-refractivity contribution in [3.05, 3.63) is 194 Å². The van der Waals surface area contributed by atoms with Gasteiger partial charge in [0.25, 0.3) is 7.82 Å². The second-order valence-corrected chi connectivity index (χ2v) is 23.8. The molecule has 86 heavy (non-hydrogen) atoms. The molecule has 0 aliphatic heterocycles. The van der Waals surface area contributed by atoms with Gasteiger partial charge in [0.2, 0.25) is 0 Å². The fourth-order valence-corrected chi connectivity index (χ4v) is 8.83. The highest BCUT2D eigenvalue weighted by Crippen LogP contribution is 2.38. The zero-order chi connectivity index (χ0) is 62.6. The van der Waals surface area contributed by atoms with E-state index in [2.05, 4.69) is 208 Å². The highest BCUT2D eigenvalue weighted by molar-refractivity contribution is 7.45. The van der Waals surface area contributed by atoms with Gasteiger partial charge in [-0.05, 0) is 141 Å². The Morgan fingerprint density at radius 1 is 0.360 bits per heavy atom. The second kappa shape index (κ2) is 64.3. The molecule has 0 amide bonds. The van der Waals surface area contributed by atoms with Crippen LogP contribution in [0.4, 0.5) is 0 Å². The molecule has 0 N–H and O–H groups in total. The summed E-state index contributed by atoms with van der Waals surface area (Å²) in [6.45, 7) is 3.94. The summed E-state index contributed by atoms with van der Waals surface area (Å²) in [5.74, 6) is -0.888. The van der Waals surface area contributed by atoms with Gasteiger partial charge in [0, 0.05) is 12.8 Å². The number of unbranched alkanes of at least 4 members (excludes halogenated alkanes) is 12. The Labute approximate surface area is 526 Å². The minimum Gasteiger partial charge on any atom is -0.756 e. The Morgan fingerprint density at radius 3 is 0.930 bits per heavy atom. The van der Waals surface area contributed by atoms with E-state index in [1.54, 1.807) is 0 Å². The Kier molecular flexibility index (Phi) is 60.5. The number of esters is 2. The Hall–Kier alpha value is -5.15. The molecule has 9 nitrogen and oxygen atoms in total. The standard InChI is InChI=1S/C76H120NO8P/c1-6-8-10-12-14-16-18-20-22-24-26-28-30-31-32-33-34-35-36-37-38-39-40-41-42-43-44-45-47-49-51-53-55-57-59-61-63-65-67-69-76(79)85-74(73-84-86(80,81)83-71-70-77(3,4)5)72-82-75(78)68-66-64-62-60-58-56-54-52-50-48-46-29-27-25-23-21-19-17-15-13-11-9-7-2/h8-11,14-17,20-23,26-29,31-32,34-35,37-38,40-41,43-44,47-50,54,56,74H,6-7,12-13,18-19,24-25,30,33,36,39,42,45-46,51-53,55,57-73H2,1-5H3/b10-8-,11-9-,16-14-,17-15-,22-20-,23-21-,28-26-,29-27-,32-31-,35-34-,38-37-,41-40-,44-43-,49-47-,50-48-,56-54-. The molecule has 0 radical (unpaired) electrons. The number of ether oxygens (including phenoxy) is 2. The van der Waals surface area contributed by atoms with Gasteiger partial charge < -0.3 is 27.9 Å². The van der Waals surface area contributed by atoms with Crippen molar-refractivity contribution < 1.29 is 42.1 Å². The van der Waals surface area contributed by atoms with E-state index in [0.29, 0.717) is 23.9 Å². The molecule has 0 fully saturated rings. The summed E-state index contributed by atoms with van der Waals surface area (Å²) in [6, 6.07) is 0. The lowest BCUT2D eigenvalue weighted by Gasteiger charge is -2.28. The number of carbonyl (C=O) groups is 2. The van der Waals surface area contributed by atoms with Gasteiger partial charge in [0.05, 0.1) is 27.7 Å². The number of quaternary nitrogens is 1. The summed E-state index contributed by atoms with van der Waals surface area (Å²) in [7, 11) is 1.11. The molecule has 0 bridgehead atoms. The highest BCUT2D eigenvalue weighted by Gasteiger charge is 2.22. The van der Waals surface area contributed by atoms with Crippen LogP contribution in [0.5, 0.6) is 0 Å². The highest BCUT2D eigenvalue weighted by atomic mass is 31.2. The SMILES string of the molecule is CC/C=C\C/C=C\C/C=C\C/C=C\C/C=C\C/C=C\C/C=C\C/C=C\C/C=C\C/C=C\CCCCCCCCCCC(=O)OC(COC(=O)CCCCCC/C=C\C/C=C\C/C=C\C/C=C\C/C=C\C/C=C\CC)COP(=O)([O-])OCC[N+](C)(C)C. The minimum absolute atomic E-state index is 0.0484. The lowest BCUT2D eigenvalue weighted by molar-refractivity contribution is -0.870. The molecule has 2 unspecified atom stereocenters. The third-order valence-corrected chi connectivity index (χ3v) is 14.1. The average Bonchev–Trinajstić information content (AvgIpc) is 3.56. The van der Waals surface area contributed by atoms with E-state index in [1.165, 1.54) is 25.7 Å². The first-order valence-corrected chi connectivity index (χ1v) is 34.6. The number of phosphoric ester groups is 1. The summed E-state index contributed by atoms with van der Waals surface area (Å²) in [5, 5.41) is 0. The Bertz CT molecular complexity index is 2150. The molecular weight excluding hydrogens is 1090 g/mol. The third-order valence-electron chi connectivity index (χ3n) is 13.1. The smallest absolute Gasteiger partial charge is 0.306 e. The van der Waals surface area contributed by atoms with Crippen LogP contribution in [-0.2, 0) is 32.7 Å². The van der Waals surface area contributed by atoms with Crippen LogP contribution in [0.3, 0.4) is 0 Å². The van der Waals surface area contributed by atoms with E-state index in [-0.39, 0.29) is 26.1 Å². The average molecular weight is 1210 g/mol. The van der Waals surface area contributed by atoms with Crippen molar-refractivity contribution in [1.82, 2.24) is 0 Å². The zero-order valence-corrected chi connectivity index (χ0v) is 55.6. The van der Waals surface area contributed by atoms with Gasteiger partial charge in [0.1, 0.15) is 19.8 Å². The van der Waals surface area contributed by atoms with Crippen LogP contribution in [0.15, 0.2) is 194 Å². The molecule has 10 heteroatoms. The Balaban J connectivity index is 4.21. The van der Waals surface area contributed by atoms with Crippen molar-refractivity contribution in [2.24, 2.45) is 0 Å². The summed E-state index contributed by atoms with van der Waals surface area (Å²) in [5.41, 5.74) is 0. The van der Waals surface area contributed by atoms with Gasteiger partial charge >= 0.3 is 11.9 Å². The lowest BCUT2D eigenvalue weighted by atomic mass is 10.1. The van der Waals surface area contributed by atoms with E-state index in [4.69, 9.17) is 18.5 Å². The summed E-state index contributed by atoms with van der Waals surface area (Å²) in [4.78, 5) is 38.0. The number of allylic oxidation sites excluding steroid dienone is 32. The maximum Gasteiger partial charge on any atom is 0.306 e. The summed E-state index contributed by atoms with van der Waals surface area (Å²) >= 11 is 0. The number of hydrogen-bond donors (Lipinski definition) is 0. The van der Waals surface area contributed by atoms with Crippen molar-refractivity contribution in [1.29, 1.82) is 0 Å². The molecule has 482 valence electrons. The van der Waals surface area contributed by atoms with Gasteiger partial charge in [-0.3, -0.25) is 14.2 Å². The number of nitrogens with zero attached hydrogens (tertiary/aromatic N) is 1. The van der Waals surface area contributed by atoms with Gasteiger partial charge in [-0.15, -0.1) is 0 Å². The van der Waals surface area contributed by atoms with E-state index in [9.17, 15) is 19.0 Å². The quantitative estimate of drug-likeness (QED) is 0.0195. The van der Waals surface area contributed by atoms with Gasteiger partial charge in [-0.25, -0.2) is 0 Å². The van der Waals surface area contributed by atoms with E-state index in [0.717, 1.165) is 154 Å². The molecule has 0 spiro atoms. The van der Waals surface area contributed by atoms with Crippen LogP contribution in [0.2, 0.25) is 0 Å². The van der Waals surface area contributed by atoms with Gasteiger partial charge in [-0.1, -0.05) is 260 Å². The van der Waals surface area contributed by atoms with E-state index >= 15 is 0 Å². The fraction of sp³-hybridized carbons (Fsp3) is 0.553. The molecule has 0 saturated carbocycles. The predicted molar refractivity (Wildman–Crippen MR) is 369 cm³/mol. The first-order valence-electron chi connectivity index (χ1n) is 33.1. The molecule has 0 aromatic carbocycles. The normalized spacial score (nSPS) is 14.4. The van der Waals surface area contributed by atoms with Crippen LogP contribution in [0.25, 0.3) is 0 Å². The first-order chi connectivity index (χ1) is 42.0. The largest absolute Gasteiger partial charge is 0.756 e. The number of likely N-dealkylation sites (N-methyl/N-ethyl adjacent to an activating group) is 1. The fourth-order valence-electron chi connectivity index (χ4n) is 8.10. The van der Waals surface area contributed by atoms with Crippen LogP contribution < -0.4 is 4.89 Å². The van der Waals surface area contributed by atoms with Gasteiger partial charge in [-0.2, -0.15) is 0 Å². The van der Waals surface area contributed by atoms with Gasteiger partial charge in [0.15, 0.2) is 6.10 Å². The monoisotopic (exact) mass is 1210 g/mol. The Morgan fingerprint density at radius 2 is 0.628 bits per heavy atom. The number of phosphoric acid groups is 1. The third kappa shape index (κ3) is 68.0. The predicted octanol–water partition coefficient (Wildman–Crippen LogP) is 21.1. The molecule has 0 aromatic heterocycles. The van der Waals surface area contributed by atoms with Crippen molar-refractivity contribution in [3.63, 3.8) is 0 Å². The maximum atomic E-state index is 12.8. The lowest BCUT2D eigenvalue weighted by Crippen LogP contribution is -2.37. The maximum absolute atomic E-state index is 12.8. The molecule has 0 aliphatic carbocycles. The van der Waals surface area contributed by atoms with Crippen molar-refractivity contribution in [2.75, 3.05) is 47.5 Å². The zero-order valence-electron chi connectivity index (χ0n) is 54.7. The van der Waals surface area contributed by atoms with Crippen LogP contribution >= 0.6 is 7.82 Å². The van der Waals surface area contributed by atoms with Crippen molar-refractivity contribution >= 4 is 19.8 Å². The van der Waals surface area contributed by atoms with Crippen LogP contribution in [-0.4, -0.2) is 70.0 Å². The minimum atomic E-state index is -4.66. The van der Waals surface area contributed by atoms with Crippen molar-refractivity contribution in [3.8, 4) is 0 Å². The molecule has 0 aliphatic rings.